The standard InChI is InChI=1S/C17H17ClN2O4S/c1-11(21)20(8-7-19-16(22)15-4-3-9-25-15)14-10-12(17(23)24-2)5-6-13(14)18/h3-6,9-10H,7-8H2,1-2H3,(H,19,22). The van der Waals surface area contributed by atoms with Crippen LogP contribution in [0.1, 0.15) is 27.0 Å². The van der Waals surface area contributed by atoms with Crippen LogP contribution in [0.25, 0.3) is 0 Å². The second kappa shape index (κ2) is 8.64. The number of carbonyl (C=O) groups excluding carboxylic acids is 3. The van der Waals surface area contributed by atoms with Gasteiger partial charge in [0, 0.05) is 20.0 Å². The van der Waals surface area contributed by atoms with Crippen molar-refractivity contribution < 1.29 is 19.1 Å². The molecule has 1 N–H and O–H groups in total. The molecule has 0 unspecified atom stereocenters. The molecule has 2 amide bonds. The number of methoxy groups -OCH3 is 1. The summed E-state index contributed by atoms with van der Waals surface area (Å²) in [5.74, 6) is -0.977. The van der Waals surface area contributed by atoms with Gasteiger partial charge >= 0.3 is 5.97 Å². The van der Waals surface area contributed by atoms with Crippen LogP contribution < -0.4 is 10.2 Å². The monoisotopic (exact) mass is 380 g/mol. The summed E-state index contributed by atoms with van der Waals surface area (Å²) in [4.78, 5) is 37.6. The zero-order valence-corrected chi connectivity index (χ0v) is 15.3. The van der Waals surface area contributed by atoms with Gasteiger partial charge in [0.1, 0.15) is 0 Å². The summed E-state index contributed by atoms with van der Waals surface area (Å²) >= 11 is 7.51. The summed E-state index contributed by atoms with van der Waals surface area (Å²) in [6.07, 6.45) is 0. The molecule has 6 nitrogen and oxygen atoms in total. The minimum Gasteiger partial charge on any atom is -0.465 e. The molecule has 8 heteroatoms. The van der Waals surface area contributed by atoms with E-state index in [0.717, 1.165) is 0 Å². The molecule has 0 bridgehead atoms. The van der Waals surface area contributed by atoms with Gasteiger partial charge in [0.15, 0.2) is 0 Å². The number of benzene rings is 1. The van der Waals surface area contributed by atoms with Gasteiger partial charge in [0.25, 0.3) is 5.91 Å². The third-order valence-electron chi connectivity index (χ3n) is 3.40. The number of hydrogen-bond donors (Lipinski definition) is 1. The van der Waals surface area contributed by atoms with Gasteiger partial charge in [-0.3, -0.25) is 9.59 Å². The van der Waals surface area contributed by atoms with E-state index in [2.05, 4.69) is 10.1 Å². The van der Waals surface area contributed by atoms with Crippen LogP contribution in [0.2, 0.25) is 5.02 Å². The molecule has 1 aromatic heterocycles. The largest absolute Gasteiger partial charge is 0.465 e. The summed E-state index contributed by atoms with van der Waals surface area (Å²) in [5, 5.41) is 4.89. The number of thiophene rings is 1. The quantitative estimate of drug-likeness (QED) is 0.782. The SMILES string of the molecule is COC(=O)c1ccc(Cl)c(N(CCNC(=O)c2cccs2)C(C)=O)c1. The van der Waals surface area contributed by atoms with Crippen molar-refractivity contribution in [3.63, 3.8) is 0 Å². The van der Waals surface area contributed by atoms with Gasteiger partial charge in [0.2, 0.25) is 5.91 Å². The first kappa shape index (κ1) is 19.0. The normalized spacial score (nSPS) is 10.2. The number of halogens is 1. The molecule has 2 aromatic rings. The average molecular weight is 381 g/mol. The number of ether oxygens (including phenoxy) is 1. The van der Waals surface area contributed by atoms with Crippen molar-refractivity contribution in [2.45, 2.75) is 6.92 Å². The van der Waals surface area contributed by atoms with E-state index in [-0.39, 0.29) is 30.5 Å². The molecular formula is C17H17ClN2O4S. The van der Waals surface area contributed by atoms with E-state index in [0.29, 0.717) is 15.6 Å². The maximum absolute atomic E-state index is 12.0. The van der Waals surface area contributed by atoms with E-state index in [1.54, 1.807) is 12.1 Å². The molecule has 25 heavy (non-hydrogen) atoms. The minimum atomic E-state index is -0.521. The van der Waals surface area contributed by atoms with Crippen LogP contribution in [0.15, 0.2) is 35.7 Å². The number of amides is 2. The fourth-order valence-electron chi connectivity index (χ4n) is 2.19. The maximum atomic E-state index is 12.0. The lowest BCUT2D eigenvalue weighted by atomic mass is 10.2. The highest BCUT2D eigenvalue weighted by molar-refractivity contribution is 7.12. The Morgan fingerprint density at radius 3 is 2.64 bits per heavy atom. The highest BCUT2D eigenvalue weighted by Gasteiger charge is 2.18. The first-order valence-corrected chi connectivity index (χ1v) is 8.67. The van der Waals surface area contributed by atoms with Crippen molar-refractivity contribution in [1.29, 1.82) is 0 Å². The molecule has 0 saturated heterocycles. The van der Waals surface area contributed by atoms with Crippen molar-refractivity contribution in [3.8, 4) is 0 Å². The molecule has 0 fully saturated rings. The van der Waals surface area contributed by atoms with Crippen LogP contribution >= 0.6 is 22.9 Å². The van der Waals surface area contributed by atoms with Crippen LogP contribution in [-0.4, -0.2) is 38.0 Å². The molecule has 0 atom stereocenters. The van der Waals surface area contributed by atoms with Crippen molar-refractivity contribution in [3.05, 3.63) is 51.2 Å². The lowest BCUT2D eigenvalue weighted by Gasteiger charge is -2.23. The van der Waals surface area contributed by atoms with E-state index < -0.39 is 5.97 Å². The first-order chi connectivity index (χ1) is 11.9. The van der Waals surface area contributed by atoms with Gasteiger partial charge in [-0.25, -0.2) is 4.79 Å². The molecule has 0 saturated carbocycles. The molecule has 0 spiro atoms. The number of anilines is 1. The van der Waals surface area contributed by atoms with Gasteiger partial charge in [0.05, 0.1) is 28.3 Å². The Morgan fingerprint density at radius 2 is 2.04 bits per heavy atom. The second-order valence-corrected chi connectivity index (χ2v) is 6.42. The number of nitrogens with one attached hydrogen (secondary N) is 1. The first-order valence-electron chi connectivity index (χ1n) is 7.41. The third kappa shape index (κ3) is 4.80. The molecule has 1 heterocycles. The molecule has 1 aromatic carbocycles. The fourth-order valence-corrected chi connectivity index (χ4v) is 3.05. The Kier molecular flexibility index (Phi) is 6.55. The van der Waals surface area contributed by atoms with Crippen LogP contribution in [0.5, 0.6) is 0 Å². The van der Waals surface area contributed by atoms with Crippen LogP contribution in [0.4, 0.5) is 5.69 Å². The van der Waals surface area contributed by atoms with Gasteiger partial charge in [-0.1, -0.05) is 17.7 Å². The topological polar surface area (TPSA) is 75.7 Å². The number of rotatable bonds is 6. The lowest BCUT2D eigenvalue weighted by molar-refractivity contribution is -0.116. The fraction of sp³-hybridized carbons (Fsp3) is 0.235. The molecular weight excluding hydrogens is 364 g/mol. The summed E-state index contributed by atoms with van der Waals surface area (Å²) in [5.41, 5.74) is 0.679. The van der Waals surface area contributed by atoms with Gasteiger partial charge < -0.3 is 15.0 Å². The zero-order valence-electron chi connectivity index (χ0n) is 13.7. The Bertz CT molecular complexity index is 777. The zero-order chi connectivity index (χ0) is 18.4. The van der Waals surface area contributed by atoms with Crippen molar-refractivity contribution >= 4 is 46.4 Å². The van der Waals surface area contributed by atoms with Gasteiger partial charge in [-0.2, -0.15) is 0 Å². The van der Waals surface area contributed by atoms with Gasteiger partial charge in [-0.05, 0) is 29.6 Å². The summed E-state index contributed by atoms with van der Waals surface area (Å²) in [6, 6.07) is 8.06. The van der Waals surface area contributed by atoms with E-state index in [1.165, 1.54) is 48.5 Å². The number of esters is 1. The van der Waals surface area contributed by atoms with E-state index in [9.17, 15) is 14.4 Å². The van der Waals surface area contributed by atoms with Crippen molar-refractivity contribution in [2.24, 2.45) is 0 Å². The maximum Gasteiger partial charge on any atom is 0.337 e. The molecule has 0 aliphatic carbocycles. The minimum absolute atomic E-state index is 0.201. The molecule has 0 aliphatic rings. The Hall–Kier alpha value is -2.38. The van der Waals surface area contributed by atoms with Crippen LogP contribution in [0, 0.1) is 0 Å². The molecule has 0 radical (unpaired) electrons. The molecule has 132 valence electrons. The Labute approximate surface area is 154 Å². The number of carbonyl (C=O) groups is 3. The smallest absolute Gasteiger partial charge is 0.337 e. The van der Waals surface area contributed by atoms with E-state index in [1.807, 2.05) is 5.38 Å². The lowest BCUT2D eigenvalue weighted by Crippen LogP contribution is -2.37. The summed E-state index contributed by atoms with van der Waals surface area (Å²) < 4.78 is 4.68. The average Bonchev–Trinajstić information content (AvgIpc) is 3.13. The highest BCUT2D eigenvalue weighted by atomic mass is 35.5. The highest BCUT2D eigenvalue weighted by Crippen LogP contribution is 2.27. The second-order valence-electron chi connectivity index (χ2n) is 5.06. The Balaban J connectivity index is 2.11. The number of nitrogens with zero attached hydrogens (tertiary/aromatic N) is 1. The van der Waals surface area contributed by atoms with Crippen LogP contribution in [0.3, 0.4) is 0 Å². The summed E-state index contributed by atoms with van der Waals surface area (Å²) in [6.45, 7) is 1.86. The number of hydrogen-bond acceptors (Lipinski definition) is 5. The van der Waals surface area contributed by atoms with E-state index in [4.69, 9.17) is 11.6 Å². The Morgan fingerprint density at radius 1 is 1.28 bits per heavy atom. The predicted octanol–water partition coefficient (Wildman–Crippen LogP) is 2.97. The molecule has 0 aliphatic heterocycles. The van der Waals surface area contributed by atoms with Crippen molar-refractivity contribution in [2.75, 3.05) is 25.1 Å². The third-order valence-corrected chi connectivity index (χ3v) is 4.59. The van der Waals surface area contributed by atoms with Crippen LogP contribution in [-0.2, 0) is 9.53 Å². The van der Waals surface area contributed by atoms with E-state index >= 15 is 0 Å². The molecule has 2 rings (SSSR count). The predicted molar refractivity (Wildman–Crippen MR) is 97.5 cm³/mol. The van der Waals surface area contributed by atoms with Crippen molar-refractivity contribution in [1.82, 2.24) is 5.32 Å². The summed E-state index contributed by atoms with van der Waals surface area (Å²) in [7, 11) is 1.28. The van der Waals surface area contributed by atoms with Gasteiger partial charge in [-0.15, -0.1) is 11.3 Å².